The lowest BCUT2D eigenvalue weighted by atomic mass is 9.98. The minimum atomic E-state index is -3.39. The molecule has 1 aliphatic heterocycles. The third-order valence-corrected chi connectivity index (χ3v) is 8.00. The molecule has 0 radical (unpaired) electrons. The molecule has 1 saturated heterocycles. The van der Waals surface area contributed by atoms with Crippen LogP contribution in [-0.2, 0) is 22.6 Å². The number of hydrogen-bond acceptors (Lipinski definition) is 5. The topological polar surface area (TPSA) is 119 Å². The summed E-state index contributed by atoms with van der Waals surface area (Å²) in [6.07, 6.45) is -2.94. The predicted octanol–water partition coefficient (Wildman–Crippen LogP) is 4.26. The van der Waals surface area contributed by atoms with Crippen LogP contribution < -0.4 is 10.6 Å². The highest BCUT2D eigenvalue weighted by atomic mass is 35.5. The fraction of sp³-hybridized carbons (Fsp3) is 0.300. The Hall–Kier alpha value is -3.73. The molecule has 3 atom stereocenters. The first-order valence-electron chi connectivity index (χ1n) is 13.1. The van der Waals surface area contributed by atoms with Crippen LogP contribution in [0.3, 0.4) is 0 Å². The number of hydrogen-bond donors (Lipinski definition) is 4. The Morgan fingerprint density at radius 1 is 1.05 bits per heavy atom. The van der Waals surface area contributed by atoms with Gasteiger partial charge in [0.25, 0.3) is 17.7 Å². The zero-order valence-electron chi connectivity index (χ0n) is 22.5. The fourth-order valence-electron chi connectivity index (χ4n) is 4.84. The highest BCUT2D eigenvalue weighted by Gasteiger charge is 2.51. The van der Waals surface area contributed by atoms with Crippen LogP contribution in [0.5, 0.6) is 5.75 Å². The Morgan fingerprint density at radius 3 is 2.45 bits per heavy atom. The van der Waals surface area contributed by atoms with E-state index in [1.54, 1.807) is 48.5 Å². The van der Waals surface area contributed by atoms with E-state index >= 15 is 0 Å². The number of amides is 3. The van der Waals surface area contributed by atoms with E-state index in [0.29, 0.717) is 16.0 Å². The smallest absolute Gasteiger partial charge is 0.267 e. The van der Waals surface area contributed by atoms with Crippen molar-refractivity contribution < 1.29 is 33.4 Å². The number of aromatic hydroxyl groups is 1. The van der Waals surface area contributed by atoms with E-state index in [9.17, 15) is 33.4 Å². The normalized spacial score (nSPS) is 17.4. The molecule has 0 bridgehead atoms. The highest BCUT2D eigenvalue weighted by molar-refractivity contribution is 6.42. The first-order valence-corrected chi connectivity index (χ1v) is 13.8. The third kappa shape index (κ3) is 7.18. The Labute approximate surface area is 251 Å². The zero-order valence-corrected chi connectivity index (χ0v) is 24.0. The van der Waals surface area contributed by atoms with Gasteiger partial charge in [-0.1, -0.05) is 71.7 Å². The van der Waals surface area contributed by atoms with Gasteiger partial charge in [0, 0.05) is 24.1 Å². The van der Waals surface area contributed by atoms with Gasteiger partial charge in [0.05, 0.1) is 22.6 Å². The number of phenolic OH excluding ortho intramolecular Hbond substituents is 1. The number of phenols is 1. The van der Waals surface area contributed by atoms with Gasteiger partial charge in [-0.25, -0.2) is 8.78 Å². The van der Waals surface area contributed by atoms with E-state index in [0.717, 1.165) is 0 Å². The van der Waals surface area contributed by atoms with Gasteiger partial charge in [-0.3, -0.25) is 14.4 Å². The van der Waals surface area contributed by atoms with Crippen molar-refractivity contribution in [2.45, 2.75) is 50.4 Å². The molecule has 3 aromatic carbocycles. The largest absolute Gasteiger partial charge is 0.508 e. The van der Waals surface area contributed by atoms with E-state index in [-0.39, 0.29) is 39.9 Å². The second kappa shape index (κ2) is 13.1. The van der Waals surface area contributed by atoms with E-state index < -0.39 is 54.8 Å². The van der Waals surface area contributed by atoms with Gasteiger partial charge in [-0.2, -0.15) is 0 Å². The molecule has 0 aromatic heterocycles. The van der Waals surface area contributed by atoms with Crippen LogP contribution in [0.25, 0.3) is 0 Å². The van der Waals surface area contributed by atoms with Gasteiger partial charge in [0.1, 0.15) is 11.8 Å². The minimum absolute atomic E-state index is 0.0221. The average Bonchev–Trinajstić information content (AvgIpc) is 3.29. The molecule has 1 fully saturated rings. The van der Waals surface area contributed by atoms with Gasteiger partial charge in [0.2, 0.25) is 5.91 Å². The van der Waals surface area contributed by atoms with Crippen LogP contribution in [0.2, 0.25) is 10.0 Å². The molecule has 3 unspecified atom stereocenters. The molecule has 0 spiro atoms. The van der Waals surface area contributed by atoms with Crippen molar-refractivity contribution in [3.8, 4) is 5.75 Å². The van der Waals surface area contributed by atoms with Crippen molar-refractivity contribution in [2.24, 2.45) is 0 Å². The molecule has 42 heavy (non-hydrogen) atoms. The molecule has 4 N–H and O–H groups in total. The fourth-order valence-corrected chi connectivity index (χ4v) is 5.22. The summed E-state index contributed by atoms with van der Waals surface area (Å²) in [5.41, 5.74) is 1.50. The molecule has 8 nitrogen and oxygen atoms in total. The summed E-state index contributed by atoms with van der Waals surface area (Å²) in [4.78, 5) is 40.4. The minimum Gasteiger partial charge on any atom is -0.508 e. The van der Waals surface area contributed by atoms with Gasteiger partial charge in [-0.05, 0) is 42.7 Å². The summed E-state index contributed by atoms with van der Waals surface area (Å²) in [7, 11) is 0. The average molecular weight is 620 g/mol. The van der Waals surface area contributed by atoms with Crippen LogP contribution in [0.4, 0.5) is 8.78 Å². The molecule has 3 amide bonds. The molecular formula is C30H29Cl2F2N3O5. The van der Waals surface area contributed by atoms with Crippen LogP contribution in [0, 0.1) is 6.92 Å². The van der Waals surface area contributed by atoms with Gasteiger partial charge < -0.3 is 25.7 Å². The molecule has 4 rings (SSSR count). The summed E-state index contributed by atoms with van der Waals surface area (Å²) in [6.45, 7) is 0.321. The number of aliphatic hydroxyl groups excluding tert-OH is 1. The number of nitrogens with zero attached hydrogens (tertiary/aromatic N) is 1. The van der Waals surface area contributed by atoms with E-state index in [4.69, 9.17) is 23.2 Å². The van der Waals surface area contributed by atoms with Crippen molar-refractivity contribution in [3.05, 3.63) is 99.0 Å². The third-order valence-electron chi connectivity index (χ3n) is 7.14. The van der Waals surface area contributed by atoms with Crippen LogP contribution >= 0.6 is 23.2 Å². The van der Waals surface area contributed by atoms with Gasteiger partial charge >= 0.3 is 0 Å². The second-order valence-corrected chi connectivity index (χ2v) is 10.9. The molecule has 3 aromatic rings. The highest BCUT2D eigenvalue weighted by Crippen LogP contribution is 2.33. The lowest BCUT2D eigenvalue weighted by molar-refractivity contribution is -0.147. The molecule has 1 heterocycles. The lowest BCUT2D eigenvalue weighted by Gasteiger charge is -2.30. The number of likely N-dealkylation sites (tertiary alicyclic amines) is 1. The SMILES string of the molecule is Cc1c(O)cccc1C(=O)NC(Cc1ccccc1)C(O)C(=O)N1CC(F)(F)CC1C(=O)NCc1cccc(Cl)c1Cl. The number of halogens is 4. The van der Waals surface area contributed by atoms with Crippen molar-refractivity contribution in [3.63, 3.8) is 0 Å². The van der Waals surface area contributed by atoms with Crippen molar-refractivity contribution in [2.75, 3.05) is 6.54 Å². The van der Waals surface area contributed by atoms with E-state index in [2.05, 4.69) is 10.6 Å². The number of benzene rings is 3. The number of alkyl halides is 2. The van der Waals surface area contributed by atoms with Gasteiger partial charge in [-0.15, -0.1) is 0 Å². The number of carbonyl (C=O) groups is 3. The second-order valence-electron chi connectivity index (χ2n) is 10.1. The Kier molecular flexibility index (Phi) is 9.71. The Balaban J connectivity index is 1.56. The zero-order chi connectivity index (χ0) is 30.6. The molecule has 0 saturated carbocycles. The first kappa shape index (κ1) is 31.2. The summed E-state index contributed by atoms with van der Waals surface area (Å²) in [5.74, 6) is -6.19. The molecular weight excluding hydrogens is 591 g/mol. The first-order chi connectivity index (χ1) is 19.9. The number of nitrogens with one attached hydrogen (secondary N) is 2. The monoisotopic (exact) mass is 619 g/mol. The summed E-state index contributed by atoms with van der Waals surface area (Å²) < 4.78 is 29.2. The van der Waals surface area contributed by atoms with Crippen molar-refractivity contribution in [1.29, 1.82) is 0 Å². The summed E-state index contributed by atoms with van der Waals surface area (Å²) in [6, 6.07) is 15.0. The molecule has 222 valence electrons. The Morgan fingerprint density at radius 2 is 1.74 bits per heavy atom. The molecule has 1 aliphatic rings. The van der Waals surface area contributed by atoms with Crippen LogP contribution in [0.1, 0.15) is 33.5 Å². The van der Waals surface area contributed by atoms with E-state index in [1.165, 1.54) is 25.1 Å². The number of aliphatic hydroxyl groups is 1. The number of carbonyl (C=O) groups excluding carboxylic acids is 3. The quantitative estimate of drug-likeness (QED) is 0.285. The van der Waals surface area contributed by atoms with Crippen LogP contribution in [-0.4, -0.2) is 63.5 Å². The maximum absolute atomic E-state index is 14.6. The maximum atomic E-state index is 14.6. The van der Waals surface area contributed by atoms with Crippen molar-refractivity contribution in [1.82, 2.24) is 15.5 Å². The predicted molar refractivity (Wildman–Crippen MR) is 154 cm³/mol. The molecule has 12 heteroatoms. The molecule has 0 aliphatic carbocycles. The maximum Gasteiger partial charge on any atom is 0.267 e. The standard InChI is InChI=1S/C30H29Cl2F2N3O5/c1-17-20(10-6-12-24(17)38)27(40)36-22(13-18-7-3-2-4-8-18)26(39)29(42)37-16-30(33,34)14-23(37)28(41)35-15-19-9-5-11-21(31)25(19)32/h2-12,22-23,26,38-39H,13-16H2,1H3,(H,35,41)(H,36,40). The van der Waals surface area contributed by atoms with Crippen molar-refractivity contribution >= 4 is 40.9 Å². The summed E-state index contributed by atoms with van der Waals surface area (Å²) >= 11 is 12.2. The van der Waals surface area contributed by atoms with E-state index in [1.807, 2.05) is 0 Å². The van der Waals surface area contributed by atoms with Crippen LogP contribution in [0.15, 0.2) is 66.7 Å². The Bertz CT molecular complexity index is 1470. The summed E-state index contributed by atoms with van der Waals surface area (Å²) in [5, 5.41) is 26.8. The number of rotatable bonds is 9. The lowest BCUT2D eigenvalue weighted by Crippen LogP contribution is -2.56. The van der Waals surface area contributed by atoms with Gasteiger partial charge in [0.15, 0.2) is 6.10 Å².